The van der Waals surface area contributed by atoms with Crippen LogP contribution in [0.15, 0.2) is 16.6 Å². The summed E-state index contributed by atoms with van der Waals surface area (Å²) in [4.78, 5) is 0. The van der Waals surface area contributed by atoms with Crippen molar-refractivity contribution in [1.82, 2.24) is 0 Å². The van der Waals surface area contributed by atoms with Crippen LogP contribution in [0, 0.1) is 0 Å². The molecule has 1 aromatic carbocycles. The zero-order valence-electron chi connectivity index (χ0n) is 7.01. The summed E-state index contributed by atoms with van der Waals surface area (Å²) in [6, 6.07) is 2.91. The Kier molecular flexibility index (Phi) is 2.02. The molecule has 0 bridgehead atoms. The summed E-state index contributed by atoms with van der Waals surface area (Å²) in [5.41, 5.74) is 0. The molecular formula is C8H5BrF2O3. The number of hydrogen-bond acceptors (Lipinski definition) is 3. The minimum atomic E-state index is -3.61. The molecule has 0 aromatic heterocycles. The van der Waals surface area contributed by atoms with Crippen molar-refractivity contribution in [2.24, 2.45) is 0 Å². The van der Waals surface area contributed by atoms with Crippen molar-refractivity contribution in [1.29, 1.82) is 0 Å². The van der Waals surface area contributed by atoms with Gasteiger partial charge in [-0.25, -0.2) is 0 Å². The van der Waals surface area contributed by atoms with Crippen molar-refractivity contribution >= 4 is 15.9 Å². The van der Waals surface area contributed by atoms with Gasteiger partial charge < -0.3 is 14.2 Å². The first kappa shape index (κ1) is 9.51. The zero-order valence-corrected chi connectivity index (χ0v) is 8.60. The summed E-state index contributed by atoms with van der Waals surface area (Å²) in [7, 11) is 1.36. The largest absolute Gasteiger partial charge is 0.586 e. The highest BCUT2D eigenvalue weighted by Crippen LogP contribution is 2.48. The smallest absolute Gasteiger partial charge is 0.493 e. The molecule has 3 nitrogen and oxygen atoms in total. The molecule has 1 aliphatic heterocycles. The van der Waals surface area contributed by atoms with Crippen LogP contribution in [-0.4, -0.2) is 13.4 Å². The maximum Gasteiger partial charge on any atom is 0.586 e. The maximum absolute atomic E-state index is 12.7. The molecule has 2 rings (SSSR count). The molecule has 0 fully saturated rings. The van der Waals surface area contributed by atoms with E-state index in [1.54, 1.807) is 0 Å². The predicted octanol–water partition coefficient (Wildman–Crippen LogP) is 2.78. The highest BCUT2D eigenvalue weighted by Gasteiger charge is 2.45. The molecule has 14 heavy (non-hydrogen) atoms. The summed E-state index contributed by atoms with van der Waals surface area (Å²) in [6.45, 7) is 0. The van der Waals surface area contributed by atoms with Gasteiger partial charge in [0.05, 0.1) is 7.11 Å². The summed E-state index contributed by atoms with van der Waals surface area (Å²) < 4.78 is 39.3. The van der Waals surface area contributed by atoms with Crippen LogP contribution in [0.1, 0.15) is 0 Å². The highest BCUT2D eigenvalue weighted by molar-refractivity contribution is 9.10. The lowest BCUT2D eigenvalue weighted by Gasteiger charge is -2.05. The van der Waals surface area contributed by atoms with Crippen molar-refractivity contribution in [2.75, 3.05) is 7.11 Å². The molecule has 76 valence electrons. The van der Waals surface area contributed by atoms with E-state index in [-0.39, 0.29) is 17.2 Å². The molecule has 0 unspecified atom stereocenters. The Labute approximate surface area is 86.7 Å². The molecule has 1 heterocycles. The monoisotopic (exact) mass is 266 g/mol. The van der Waals surface area contributed by atoms with Crippen LogP contribution in [0.2, 0.25) is 0 Å². The van der Waals surface area contributed by atoms with Crippen LogP contribution in [0.25, 0.3) is 0 Å². The second kappa shape index (κ2) is 2.98. The highest BCUT2D eigenvalue weighted by atomic mass is 79.9. The summed E-state index contributed by atoms with van der Waals surface area (Å²) >= 11 is 3.13. The molecule has 0 aliphatic carbocycles. The number of alkyl halides is 2. The van der Waals surface area contributed by atoms with E-state index in [2.05, 4.69) is 25.4 Å². The Morgan fingerprint density at radius 1 is 1.36 bits per heavy atom. The van der Waals surface area contributed by atoms with Gasteiger partial charge in [-0.1, -0.05) is 15.9 Å². The van der Waals surface area contributed by atoms with E-state index in [1.807, 2.05) is 0 Å². The van der Waals surface area contributed by atoms with Crippen molar-refractivity contribution in [3.05, 3.63) is 16.6 Å². The molecule has 0 atom stereocenters. The topological polar surface area (TPSA) is 27.7 Å². The van der Waals surface area contributed by atoms with E-state index in [1.165, 1.54) is 19.2 Å². The minimum Gasteiger partial charge on any atom is -0.493 e. The van der Waals surface area contributed by atoms with Gasteiger partial charge in [0, 0.05) is 4.47 Å². The van der Waals surface area contributed by atoms with Gasteiger partial charge in [-0.2, -0.15) is 0 Å². The number of fused-ring (bicyclic) bond motifs is 1. The molecular weight excluding hydrogens is 262 g/mol. The molecule has 6 heteroatoms. The van der Waals surface area contributed by atoms with Crippen molar-refractivity contribution < 1.29 is 23.0 Å². The summed E-state index contributed by atoms with van der Waals surface area (Å²) in [5, 5.41) is 0. The lowest BCUT2D eigenvalue weighted by Crippen LogP contribution is -2.26. The lowest BCUT2D eigenvalue weighted by molar-refractivity contribution is -0.287. The van der Waals surface area contributed by atoms with E-state index in [9.17, 15) is 8.78 Å². The third-order valence-electron chi connectivity index (χ3n) is 1.66. The van der Waals surface area contributed by atoms with Crippen LogP contribution in [0.5, 0.6) is 17.2 Å². The van der Waals surface area contributed by atoms with E-state index in [0.717, 1.165) is 0 Å². The SMILES string of the molecule is COc1cc(Br)cc2c1OC(F)(F)O2. The lowest BCUT2D eigenvalue weighted by atomic mass is 10.3. The summed E-state index contributed by atoms with van der Waals surface area (Å²) in [5.74, 6) is 0.0773. The van der Waals surface area contributed by atoms with Crippen molar-refractivity contribution in [2.45, 2.75) is 6.29 Å². The predicted molar refractivity (Wildman–Crippen MR) is 46.9 cm³/mol. The fraction of sp³-hybridized carbons (Fsp3) is 0.250. The van der Waals surface area contributed by atoms with E-state index in [0.29, 0.717) is 4.47 Å². The molecule has 0 saturated carbocycles. The third kappa shape index (κ3) is 1.50. The average molecular weight is 267 g/mol. The Morgan fingerprint density at radius 3 is 2.71 bits per heavy atom. The Balaban J connectivity index is 2.50. The third-order valence-corrected chi connectivity index (χ3v) is 2.11. The molecule has 0 radical (unpaired) electrons. The second-order valence-corrected chi connectivity index (χ2v) is 3.52. The molecule has 0 amide bonds. The van der Waals surface area contributed by atoms with Crippen LogP contribution < -0.4 is 14.2 Å². The van der Waals surface area contributed by atoms with Gasteiger partial charge in [-0.15, -0.1) is 8.78 Å². The van der Waals surface area contributed by atoms with Gasteiger partial charge in [0.25, 0.3) is 0 Å². The van der Waals surface area contributed by atoms with Gasteiger partial charge in [-0.05, 0) is 12.1 Å². The van der Waals surface area contributed by atoms with Crippen LogP contribution in [-0.2, 0) is 0 Å². The van der Waals surface area contributed by atoms with Gasteiger partial charge in [0.1, 0.15) is 0 Å². The Morgan fingerprint density at radius 2 is 2.07 bits per heavy atom. The molecule has 1 aliphatic rings. The van der Waals surface area contributed by atoms with Gasteiger partial charge in [-0.3, -0.25) is 0 Å². The molecule has 1 aromatic rings. The fourth-order valence-electron chi connectivity index (χ4n) is 1.14. The van der Waals surface area contributed by atoms with Crippen molar-refractivity contribution in [3.63, 3.8) is 0 Å². The number of benzene rings is 1. The average Bonchev–Trinajstić information content (AvgIpc) is 2.37. The number of rotatable bonds is 1. The quantitative estimate of drug-likeness (QED) is 0.783. The standard InChI is InChI=1S/C8H5BrF2O3/c1-12-5-2-4(9)3-6-7(5)14-8(10,11)13-6/h2-3H,1H3. The van der Waals surface area contributed by atoms with Gasteiger partial charge in [0.2, 0.25) is 5.75 Å². The van der Waals surface area contributed by atoms with E-state index in [4.69, 9.17) is 4.74 Å². The maximum atomic E-state index is 12.7. The number of ether oxygens (including phenoxy) is 3. The first-order valence-corrected chi connectivity index (χ1v) is 4.44. The number of hydrogen-bond donors (Lipinski definition) is 0. The van der Waals surface area contributed by atoms with E-state index < -0.39 is 6.29 Å². The second-order valence-electron chi connectivity index (χ2n) is 2.60. The van der Waals surface area contributed by atoms with Gasteiger partial charge >= 0.3 is 6.29 Å². The van der Waals surface area contributed by atoms with Crippen molar-refractivity contribution in [3.8, 4) is 17.2 Å². The number of halogens is 3. The van der Waals surface area contributed by atoms with Crippen LogP contribution >= 0.6 is 15.9 Å². The Bertz CT molecular complexity index is 381. The van der Waals surface area contributed by atoms with Gasteiger partial charge in [0.15, 0.2) is 11.5 Å². The van der Waals surface area contributed by atoms with Crippen LogP contribution in [0.4, 0.5) is 8.78 Å². The summed E-state index contributed by atoms with van der Waals surface area (Å²) in [6.07, 6.45) is -3.61. The first-order valence-electron chi connectivity index (χ1n) is 3.65. The normalized spacial score (nSPS) is 16.9. The number of methoxy groups -OCH3 is 1. The van der Waals surface area contributed by atoms with E-state index >= 15 is 0 Å². The molecule has 0 saturated heterocycles. The minimum absolute atomic E-state index is 0.0405. The zero-order chi connectivity index (χ0) is 10.3. The Hall–Kier alpha value is -1.04. The first-order chi connectivity index (χ1) is 6.52. The molecule has 0 N–H and O–H groups in total. The fourth-order valence-corrected chi connectivity index (χ4v) is 1.56. The molecule has 0 spiro atoms. The van der Waals surface area contributed by atoms with Crippen LogP contribution in [0.3, 0.4) is 0 Å².